The van der Waals surface area contributed by atoms with Gasteiger partial charge in [-0.15, -0.1) is 0 Å². The van der Waals surface area contributed by atoms with Crippen LogP contribution >= 0.6 is 0 Å². The number of carbonyl (C=O) groups is 1. The molecule has 0 fully saturated rings. The third-order valence-electron chi connectivity index (χ3n) is 3.54. The minimum Gasteiger partial charge on any atom is -0.463 e. The maximum Gasteiger partial charge on any atom is 0.330 e. The summed E-state index contributed by atoms with van der Waals surface area (Å²) in [7, 11) is 0. The second-order valence-electron chi connectivity index (χ2n) is 5.30. The van der Waals surface area contributed by atoms with E-state index in [2.05, 4.69) is 25.1 Å². The Kier molecular flexibility index (Phi) is 9.26. The molecule has 0 N–H and O–H groups in total. The average molecular weight is 288 g/mol. The van der Waals surface area contributed by atoms with Gasteiger partial charge in [-0.05, 0) is 37.0 Å². The number of rotatable bonds is 10. The van der Waals surface area contributed by atoms with E-state index in [0.717, 1.165) is 12.0 Å². The smallest absolute Gasteiger partial charge is 0.330 e. The van der Waals surface area contributed by atoms with Gasteiger partial charge in [-0.25, -0.2) is 4.79 Å². The lowest BCUT2D eigenvalue weighted by molar-refractivity contribution is -0.137. The van der Waals surface area contributed by atoms with E-state index >= 15 is 0 Å². The zero-order valence-corrected chi connectivity index (χ0v) is 13.4. The fourth-order valence-electron chi connectivity index (χ4n) is 2.37. The lowest BCUT2D eigenvalue weighted by atomic mass is 10.00. The van der Waals surface area contributed by atoms with Gasteiger partial charge in [0.2, 0.25) is 0 Å². The summed E-state index contributed by atoms with van der Waals surface area (Å²) in [6.07, 6.45) is 12.3. The summed E-state index contributed by atoms with van der Waals surface area (Å²) in [4.78, 5) is 11.4. The summed E-state index contributed by atoms with van der Waals surface area (Å²) in [6.45, 7) is 4.48. The first-order chi connectivity index (χ1) is 10.3. The van der Waals surface area contributed by atoms with E-state index in [1.807, 2.05) is 19.1 Å². The first kappa shape index (κ1) is 17.5. The molecule has 2 heteroatoms. The van der Waals surface area contributed by atoms with Gasteiger partial charge in [0.25, 0.3) is 0 Å². The quantitative estimate of drug-likeness (QED) is 0.337. The Balaban J connectivity index is 2.45. The first-order valence-electron chi connectivity index (χ1n) is 8.20. The van der Waals surface area contributed by atoms with Gasteiger partial charge < -0.3 is 4.74 Å². The van der Waals surface area contributed by atoms with Crippen LogP contribution in [0.2, 0.25) is 0 Å². The summed E-state index contributed by atoms with van der Waals surface area (Å²) >= 11 is 0. The fourth-order valence-corrected chi connectivity index (χ4v) is 2.37. The number of aryl methyl sites for hydroxylation is 1. The molecule has 0 radical (unpaired) electrons. The summed E-state index contributed by atoms with van der Waals surface area (Å²) < 4.78 is 4.91. The van der Waals surface area contributed by atoms with Crippen LogP contribution in [0, 0.1) is 0 Å². The maximum absolute atomic E-state index is 11.4. The van der Waals surface area contributed by atoms with Crippen LogP contribution in [-0.2, 0) is 16.0 Å². The molecule has 1 rings (SSSR count). The highest BCUT2D eigenvalue weighted by atomic mass is 16.5. The molecule has 0 saturated carbocycles. The largest absolute Gasteiger partial charge is 0.463 e. The van der Waals surface area contributed by atoms with Crippen molar-refractivity contribution in [2.24, 2.45) is 0 Å². The third-order valence-corrected chi connectivity index (χ3v) is 3.54. The molecule has 116 valence electrons. The number of hydrogen-bond donors (Lipinski definition) is 0. The highest BCUT2D eigenvalue weighted by Crippen LogP contribution is 2.15. The van der Waals surface area contributed by atoms with Crippen LogP contribution in [0.5, 0.6) is 0 Å². The van der Waals surface area contributed by atoms with Gasteiger partial charge in [0.05, 0.1) is 6.61 Å². The molecular formula is C19H28O2. The molecule has 1 aromatic rings. The molecule has 0 heterocycles. The average Bonchev–Trinajstić information content (AvgIpc) is 2.50. The first-order valence-corrected chi connectivity index (χ1v) is 8.20. The van der Waals surface area contributed by atoms with Crippen LogP contribution < -0.4 is 0 Å². The maximum atomic E-state index is 11.4. The number of unbranched alkanes of at least 4 members (excludes halogenated alkanes) is 5. The van der Waals surface area contributed by atoms with E-state index in [1.165, 1.54) is 50.2 Å². The van der Waals surface area contributed by atoms with E-state index < -0.39 is 0 Å². The van der Waals surface area contributed by atoms with Crippen LogP contribution in [0.4, 0.5) is 0 Å². The highest BCUT2D eigenvalue weighted by molar-refractivity contribution is 5.87. The Hall–Kier alpha value is -1.57. The highest BCUT2D eigenvalue weighted by Gasteiger charge is 2.00. The summed E-state index contributed by atoms with van der Waals surface area (Å²) in [5.74, 6) is -0.271. The lowest BCUT2D eigenvalue weighted by Crippen LogP contribution is -1.99. The van der Waals surface area contributed by atoms with E-state index in [4.69, 9.17) is 4.74 Å². The van der Waals surface area contributed by atoms with Crippen LogP contribution in [-0.4, -0.2) is 12.6 Å². The molecule has 0 amide bonds. The lowest BCUT2D eigenvalue weighted by Gasteiger charge is -2.06. The van der Waals surface area contributed by atoms with E-state index in [1.54, 1.807) is 0 Å². The molecule has 1 aromatic carbocycles. The van der Waals surface area contributed by atoms with Crippen molar-refractivity contribution in [1.82, 2.24) is 0 Å². The predicted octanol–water partition coefficient (Wildman–Crippen LogP) is 5.17. The Morgan fingerprint density at radius 3 is 2.52 bits per heavy atom. The summed E-state index contributed by atoms with van der Waals surface area (Å²) in [5.41, 5.74) is 2.44. The second kappa shape index (κ2) is 11.1. The van der Waals surface area contributed by atoms with Crippen molar-refractivity contribution < 1.29 is 9.53 Å². The number of carbonyl (C=O) groups excluding carboxylic acids is 1. The third kappa shape index (κ3) is 7.69. The van der Waals surface area contributed by atoms with Gasteiger partial charge in [-0.2, -0.15) is 0 Å². The van der Waals surface area contributed by atoms with Crippen LogP contribution in [0.25, 0.3) is 6.08 Å². The Morgan fingerprint density at radius 1 is 1.05 bits per heavy atom. The van der Waals surface area contributed by atoms with Crippen molar-refractivity contribution in [1.29, 1.82) is 0 Å². The van der Waals surface area contributed by atoms with E-state index in [9.17, 15) is 4.79 Å². The molecule has 0 spiro atoms. The van der Waals surface area contributed by atoms with Gasteiger partial charge in [0.15, 0.2) is 0 Å². The van der Waals surface area contributed by atoms with Crippen molar-refractivity contribution in [2.75, 3.05) is 6.61 Å². The zero-order valence-electron chi connectivity index (χ0n) is 13.4. The number of ether oxygens (including phenoxy) is 1. The van der Waals surface area contributed by atoms with Gasteiger partial charge in [-0.1, -0.05) is 63.3 Å². The zero-order chi connectivity index (χ0) is 15.3. The molecule has 0 aliphatic carbocycles. The number of hydrogen-bond acceptors (Lipinski definition) is 2. The predicted molar refractivity (Wildman–Crippen MR) is 89.2 cm³/mol. The van der Waals surface area contributed by atoms with E-state index in [0.29, 0.717) is 6.61 Å². The molecule has 0 aliphatic heterocycles. The minimum atomic E-state index is -0.271. The number of esters is 1. The minimum absolute atomic E-state index is 0.271. The summed E-state index contributed by atoms with van der Waals surface area (Å²) in [6, 6.07) is 8.28. The molecule has 0 aromatic heterocycles. The SMILES string of the molecule is CCCCCCCCc1ccccc1/C=C/C(=O)OCC. The van der Waals surface area contributed by atoms with E-state index in [-0.39, 0.29) is 5.97 Å². The standard InChI is InChI=1S/C19H28O2/c1-3-5-6-7-8-9-12-17-13-10-11-14-18(17)15-16-19(20)21-4-2/h10-11,13-16H,3-9,12H2,1-2H3/b16-15+. The summed E-state index contributed by atoms with van der Waals surface area (Å²) in [5, 5.41) is 0. The second-order valence-corrected chi connectivity index (χ2v) is 5.30. The van der Waals surface area contributed by atoms with Crippen molar-refractivity contribution in [2.45, 2.75) is 58.8 Å². The Labute approximate surface area is 129 Å². The molecule has 0 bridgehead atoms. The number of benzene rings is 1. The molecule has 0 aliphatic rings. The molecule has 21 heavy (non-hydrogen) atoms. The fraction of sp³-hybridized carbons (Fsp3) is 0.526. The molecule has 0 unspecified atom stereocenters. The Bertz CT molecular complexity index is 435. The van der Waals surface area contributed by atoms with Gasteiger partial charge in [-0.3, -0.25) is 0 Å². The van der Waals surface area contributed by atoms with Crippen molar-refractivity contribution in [3.05, 3.63) is 41.5 Å². The van der Waals surface area contributed by atoms with Gasteiger partial charge in [0.1, 0.15) is 0 Å². The van der Waals surface area contributed by atoms with Crippen LogP contribution in [0.15, 0.2) is 30.3 Å². The molecular weight excluding hydrogens is 260 g/mol. The molecule has 0 atom stereocenters. The van der Waals surface area contributed by atoms with Gasteiger partial charge >= 0.3 is 5.97 Å². The van der Waals surface area contributed by atoms with Crippen molar-refractivity contribution in [3.63, 3.8) is 0 Å². The van der Waals surface area contributed by atoms with Crippen LogP contribution in [0.1, 0.15) is 63.5 Å². The Morgan fingerprint density at radius 2 is 1.76 bits per heavy atom. The molecule has 0 saturated heterocycles. The normalized spacial score (nSPS) is 11.0. The monoisotopic (exact) mass is 288 g/mol. The van der Waals surface area contributed by atoms with Crippen LogP contribution in [0.3, 0.4) is 0 Å². The molecule has 2 nitrogen and oxygen atoms in total. The van der Waals surface area contributed by atoms with Crippen molar-refractivity contribution >= 4 is 12.0 Å². The topological polar surface area (TPSA) is 26.3 Å². The van der Waals surface area contributed by atoms with Crippen molar-refractivity contribution in [3.8, 4) is 0 Å². The van der Waals surface area contributed by atoms with Gasteiger partial charge in [0, 0.05) is 6.08 Å².